The van der Waals surface area contributed by atoms with Crippen molar-refractivity contribution in [1.29, 1.82) is 0 Å². The van der Waals surface area contributed by atoms with Gasteiger partial charge in [0.15, 0.2) is 0 Å². The highest BCUT2D eigenvalue weighted by Gasteiger charge is 2.33. The van der Waals surface area contributed by atoms with E-state index in [0.717, 1.165) is 6.07 Å². The minimum Gasteiger partial charge on any atom is -0.352 e. The molecule has 2 aromatic rings. The van der Waals surface area contributed by atoms with Crippen molar-refractivity contribution in [2.24, 2.45) is 0 Å². The van der Waals surface area contributed by atoms with E-state index in [9.17, 15) is 13.2 Å². The Hall–Kier alpha value is -1.76. The van der Waals surface area contributed by atoms with Crippen LogP contribution in [0.4, 0.5) is 19.1 Å². The zero-order valence-corrected chi connectivity index (χ0v) is 12.8. The van der Waals surface area contributed by atoms with E-state index in [4.69, 9.17) is 0 Å². The lowest BCUT2D eigenvalue weighted by molar-refractivity contribution is -0.138. The number of halogens is 4. The van der Waals surface area contributed by atoms with Crippen LogP contribution >= 0.6 is 15.9 Å². The van der Waals surface area contributed by atoms with Crippen LogP contribution in [-0.4, -0.2) is 16.1 Å². The van der Waals surface area contributed by atoms with Crippen LogP contribution in [0.1, 0.15) is 11.3 Å². The van der Waals surface area contributed by atoms with Crippen LogP contribution in [0.3, 0.4) is 0 Å². The molecule has 0 aliphatic carbocycles. The summed E-state index contributed by atoms with van der Waals surface area (Å²) >= 11 is 2.93. The molecule has 0 saturated carbocycles. The molecule has 1 aromatic carbocycles. The summed E-state index contributed by atoms with van der Waals surface area (Å²) in [5.74, 6) is 0.475. The van der Waals surface area contributed by atoms with Gasteiger partial charge in [-0.05, 0) is 25.1 Å². The van der Waals surface area contributed by atoms with E-state index < -0.39 is 11.7 Å². The van der Waals surface area contributed by atoms with Gasteiger partial charge in [-0.2, -0.15) is 13.2 Å². The number of anilines is 1. The topological polar surface area (TPSA) is 29.9 Å². The molecule has 7 heteroatoms. The van der Waals surface area contributed by atoms with E-state index in [0.29, 0.717) is 23.9 Å². The summed E-state index contributed by atoms with van der Waals surface area (Å²) < 4.78 is 40.5. The molecule has 2 rings (SSSR count). The van der Waals surface area contributed by atoms with Crippen molar-refractivity contribution in [3.8, 4) is 5.69 Å². The summed E-state index contributed by atoms with van der Waals surface area (Å²) in [6, 6.07) is 4.06. The molecule has 0 atom stereocenters. The van der Waals surface area contributed by atoms with E-state index in [-0.39, 0.29) is 4.47 Å². The summed E-state index contributed by atoms with van der Waals surface area (Å²) in [4.78, 5) is 4.25. The highest BCUT2D eigenvalue weighted by Crippen LogP contribution is 2.36. The van der Waals surface area contributed by atoms with Crippen molar-refractivity contribution in [2.45, 2.75) is 13.1 Å². The molecule has 0 fully saturated rings. The van der Waals surface area contributed by atoms with Gasteiger partial charge in [0.05, 0.1) is 11.3 Å². The zero-order valence-electron chi connectivity index (χ0n) is 11.2. The Labute approximate surface area is 128 Å². The summed E-state index contributed by atoms with van der Waals surface area (Å²) in [5, 5.41) is 3.00. The molecule has 0 spiro atoms. The summed E-state index contributed by atoms with van der Waals surface area (Å²) in [5.41, 5.74) is 0.372. The van der Waals surface area contributed by atoms with Crippen LogP contribution in [0, 0.1) is 6.92 Å². The van der Waals surface area contributed by atoms with Crippen molar-refractivity contribution in [3.63, 3.8) is 0 Å². The van der Waals surface area contributed by atoms with Gasteiger partial charge in [-0.3, -0.25) is 4.57 Å². The van der Waals surface area contributed by atoms with Crippen LogP contribution in [0.5, 0.6) is 0 Å². The zero-order chi connectivity index (χ0) is 15.6. The first kappa shape index (κ1) is 15.6. The molecule has 0 bridgehead atoms. The van der Waals surface area contributed by atoms with Gasteiger partial charge < -0.3 is 5.32 Å². The number of nitrogens with zero attached hydrogens (tertiary/aromatic N) is 2. The van der Waals surface area contributed by atoms with Crippen LogP contribution in [0.25, 0.3) is 5.69 Å². The normalized spacial score (nSPS) is 11.5. The van der Waals surface area contributed by atoms with E-state index >= 15 is 0 Å². The molecule has 0 amide bonds. The van der Waals surface area contributed by atoms with Crippen LogP contribution < -0.4 is 5.32 Å². The Bertz CT molecular complexity index is 662. The SMILES string of the molecule is C=CCNc1nc(C)cn1-c1ccc(Br)c(C(F)(F)F)c1. The van der Waals surface area contributed by atoms with Gasteiger partial charge >= 0.3 is 6.18 Å². The number of rotatable bonds is 4. The van der Waals surface area contributed by atoms with E-state index in [1.54, 1.807) is 29.8 Å². The minimum atomic E-state index is -4.42. The van der Waals surface area contributed by atoms with E-state index in [2.05, 4.69) is 32.8 Å². The fourth-order valence-electron chi connectivity index (χ4n) is 1.86. The molecule has 0 aliphatic rings. The Kier molecular flexibility index (Phi) is 4.41. The van der Waals surface area contributed by atoms with Gasteiger partial charge in [-0.1, -0.05) is 22.0 Å². The minimum absolute atomic E-state index is 0.0104. The van der Waals surface area contributed by atoms with Crippen LogP contribution in [0.15, 0.2) is 41.5 Å². The lowest BCUT2D eigenvalue weighted by Gasteiger charge is -2.13. The molecular formula is C14H13BrF3N3. The Balaban J connectivity index is 2.50. The fraction of sp³-hybridized carbons (Fsp3) is 0.214. The number of imidazole rings is 1. The highest BCUT2D eigenvalue weighted by atomic mass is 79.9. The second-order valence-electron chi connectivity index (χ2n) is 4.41. The van der Waals surface area contributed by atoms with Gasteiger partial charge in [0.1, 0.15) is 0 Å². The van der Waals surface area contributed by atoms with Crippen molar-refractivity contribution in [2.75, 3.05) is 11.9 Å². The second kappa shape index (κ2) is 5.93. The van der Waals surface area contributed by atoms with E-state index in [1.165, 1.54) is 6.07 Å². The Morgan fingerprint density at radius 3 is 2.76 bits per heavy atom. The molecule has 21 heavy (non-hydrogen) atoms. The van der Waals surface area contributed by atoms with Crippen LogP contribution in [-0.2, 0) is 6.18 Å². The first-order valence-corrected chi connectivity index (χ1v) is 6.90. The molecule has 1 heterocycles. The predicted octanol–water partition coefficient (Wildman–Crippen LogP) is 4.56. The molecule has 0 saturated heterocycles. The van der Waals surface area contributed by atoms with Crippen molar-refractivity contribution in [1.82, 2.24) is 9.55 Å². The third-order valence-corrected chi connectivity index (χ3v) is 3.46. The summed E-state index contributed by atoms with van der Waals surface area (Å²) in [6.45, 7) is 5.84. The molecule has 0 unspecified atom stereocenters. The highest BCUT2D eigenvalue weighted by molar-refractivity contribution is 9.10. The van der Waals surface area contributed by atoms with Gasteiger partial charge in [-0.15, -0.1) is 6.58 Å². The quantitative estimate of drug-likeness (QED) is 0.811. The van der Waals surface area contributed by atoms with Gasteiger partial charge in [0, 0.05) is 22.9 Å². The monoisotopic (exact) mass is 359 g/mol. The second-order valence-corrected chi connectivity index (χ2v) is 5.26. The summed E-state index contributed by atoms with van der Waals surface area (Å²) in [7, 11) is 0. The Morgan fingerprint density at radius 2 is 2.14 bits per heavy atom. The standard InChI is InChI=1S/C14H13BrF3N3/c1-3-6-19-13-20-9(2)8-21(13)10-4-5-12(15)11(7-10)14(16,17)18/h3-5,7-8H,1,6H2,2H3,(H,19,20). The number of hydrogen-bond acceptors (Lipinski definition) is 2. The number of aromatic nitrogens is 2. The van der Waals surface area contributed by atoms with Crippen molar-refractivity contribution >= 4 is 21.9 Å². The van der Waals surface area contributed by atoms with Gasteiger partial charge in [0.25, 0.3) is 0 Å². The molecule has 0 aliphatic heterocycles. The number of aryl methyl sites for hydroxylation is 1. The largest absolute Gasteiger partial charge is 0.417 e. The average molecular weight is 360 g/mol. The molecular weight excluding hydrogens is 347 g/mol. The van der Waals surface area contributed by atoms with Crippen molar-refractivity contribution < 1.29 is 13.2 Å². The first-order chi connectivity index (χ1) is 9.82. The fourth-order valence-corrected chi connectivity index (χ4v) is 2.33. The molecule has 1 aromatic heterocycles. The number of alkyl halides is 3. The number of nitrogens with one attached hydrogen (secondary N) is 1. The lowest BCUT2D eigenvalue weighted by atomic mass is 10.2. The lowest BCUT2D eigenvalue weighted by Crippen LogP contribution is -2.09. The average Bonchev–Trinajstić information content (AvgIpc) is 2.76. The first-order valence-electron chi connectivity index (χ1n) is 6.11. The molecule has 0 radical (unpaired) electrons. The molecule has 112 valence electrons. The molecule has 3 nitrogen and oxygen atoms in total. The predicted molar refractivity (Wildman–Crippen MR) is 79.7 cm³/mol. The maximum Gasteiger partial charge on any atom is 0.417 e. The number of hydrogen-bond donors (Lipinski definition) is 1. The van der Waals surface area contributed by atoms with Gasteiger partial charge in [-0.25, -0.2) is 4.98 Å². The van der Waals surface area contributed by atoms with Crippen molar-refractivity contribution in [3.05, 3.63) is 52.8 Å². The molecule has 1 N–H and O–H groups in total. The third kappa shape index (κ3) is 3.47. The smallest absolute Gasteiger partial charge is 0.352 e. The van der Waals surface area contributed by atoms with Crippen LogP contribution in [0.2, 0.25) is 0 Å². The summed E-state index contributed by atoms with van der Waals surface area (Å²) in [6.07, 6.45) is -1.09. The Morgan fingerprint density at radius 1 is 1.43 bits per heavy atom. The third-order valence-electron chi connectivity index (χ3n) is 2.76. The maximum absolute atomic E-state index is 13.0. The number of benzene rings is 1. The maximum atomic E-state index is 13.0. The van der Waals surface area contributed by atoms with Gasteiger partial charge in [0.2, 0.25) is 5.95 Å². The van der Waals surface area contributed by atoms with E-state index in [1.807, 2.05) is 0 Å².